The van der Waals surface area contributed by atoms with Gasteiger partial charge in [0.05, 0.1) is 14.2 Å². The zero-order valence-corrected chi connectivity index (χ0v) is 16.2. The van der Waals surface area contributed by atoms with Crippen LogP contribution in [0.5, 0.6) is 23.0 Å². The number of hydrogen-bond acceptors (Lipinski definition) is 4. The first kappa shape index (κ1) is 19.4. The molecule has 0 bridgehead atoms. The molecule has 0 saturated heterocycles. The molecule has 144 valence electrons. The summed E-state index contributed by atoms with van der Waals surface area (Å²) in [6.07, 6.45) is 3.95. The zero-order valence-electron chi connectivity index (χ0n) is 16.2. The molecule has 4 nitrogen and oxygen atoms in total. The maximum atomic E-state index is 9.54. The van der Waals surface area contributed by atoms with Crippen molar-refractivity contribution in [2.75, 3.05) is 14.2 Å². The molecule has 0 aromatic heterocycles. The van der Waals surface area contributed by atoms with Crippen LogP contribution in [0.25, 0.3) is 12.2 Å². The number of benzene rings is 3. The van der Waals surface area contributed by atoms with E-state index in [2.05, 4.69) is 6.92 Å². The highest BCUT2D eigenvalue weighted by Crippen LogP contribution is 2.40. The quantitative estimate of drug-likeness (QED) is 0.563. The fraction of sp³-hybridized carbons (Fsp3) is 0.167. The fourth-order valence-corrected chi connectivity index (χ4v) is 3.19. The monoisotopic (exact) mass is 376 g/mol. The highest BCUT2D eigenvalue weighted by Gasteiger charge is 2.20. The number of aromatic hydroxyl groups is 2. The minimum Gasteiger partial charge on any atom is -0.508 e. The molecule has 0 aliphatic carbocycles. The molecule has 28 heavy (non-hydrogen) atoms. The molecule has 0 heterocycles. The molecule has 0 spiro atoms. The lowest BCUT2D eigenvalue weighted by Gasteiger charge is -2.20. The number of hydrogen-bond donors (Lipinski definition) is 2. The molecule has 0 radical (unpaired) electrons. The van der Waals surface area contributed by atoms with Crippen LogP contribution in [0.2, 0.25) is 0 Å². The summed E-state index contributed by atoms with van der Waals surface area (Å²) in [6.45, 7) is 2.08. The summed E-state index contributed by atoms with van der Waals surface area (Å²) in [5.74, 6) is 1.99. The van der Waals surface area contributed by atoms with Gasteiger partial charge in [-0.3, -0.25) is 0 Å². The Hall–Kier alpha value is -3.40. The van der Waals surface area contributed by atoms with Crippen LogP contribution in [-0.4, -0.2) is 24.4 Å². The molecule has 0 fully saturated rings. The summed E-state index contributed by atoms with van der Waals surface area (Å²) < 4.78 is 11.3. The molecule has 4 heteroatoms. The lowest BCUT2D eigenvalue weighted by atomic mass is 9.90. The molecule has 1 atom stereocenters. The van der Waals surface area contributed by atoms with Gasteiger partial charge in [0.2, 0.25) is 0 Å². The van der Waals surface area contributed by atoms with E-state index < -0.39 is 0 Å². The molecular formula is C24H24O4. The smallest absolute Gasteiger partial charge is 0.126 e. The van der Waals surface area contributed by atoms with E-state index >= 15 is 0 Å². The molecule has 0 aliphatic rings. The Labute approximate surface area is 165 Å². The highest BCUT2D eigenvalue weighted by atomic mass is 16.5. The first-order valence-corrected chi connectivity index (χ1v) is 9.03. The summed E-state index contributed by atoms with van der Waals surface area (Å²) in [5.41, 5.74) is 3.94. The van der Waals surface area contributed by atoms with E-state index in [-0.39, 0.29) is 17.4 Å². The molecular weight excluding hydrogens is 352 g/mol. The van der Waals surface area contributed by atoms with Crippen LogP contribution < -0.4 is 9.47 Å². The van der Waals surface area contributed by atoms with Gasteiger partial charge in [-0.05, 0) is 53.1 Å². The van der Waals surface area contributed by atoms with Gasteiger partial charge in [0.25, 0.3) is 0 Å². The predicted octanol–water partition coefficient (Wildman–Crippen LogP) is 5.44. The first-order chi connectivity index (χ1) is 13.5. The van der Waals surface area contributed by atoms with Gasteiger partial charge in [0, 0.05) is 11.5 Å². The van der Waals surface area contributed by atoms with E-state index in [1.165, 1.54) is 0 Å². The Bertz CT molecular complexity index is 932. The van der Waals surface area contributed by atoms with Crippen molar-refractivity contribution in [3.05, 3.63) is 82.9 Å². The van der Waals surface area contributed by atoms with Crippen molar-refractivity contribution >= 4 is 12.2 Å². The topological polar surface area (TPSA) is 58.9 Å². The average Bonchev–Trinajstić information content (AvgIpc) is 2.72. The number of phenols is 2. The van der Waals surface area contributed by atoms with Crippen molar-refractivity contribution in [2.24, 2.45) is 0 Å². The van der Waals surface area contributed by atoms with Gasteiger partial charge in [0.15, 0.2) is 0 Å². The second-order valence-electron chi connectivity index (χ2n) is 6.58. The van der Waals surface area contributed by atoms with Gasteiger partial charge < -0.3 is 19.7 Å². The van der Waals surface area contributed by atoms with Crippen molar-refractivity contribution in [1.82, 2.24) is 0 Å². The summed E-state index contributed by atoms with van der Waals surface area (Å²) in [7, 11) is 3.30. The van der Waals surface area contributed by atoms with Crippen LogP contribution in [0.3, 0.4) is 0 Å². The SMILES string of the molecule is COc1cc(C=Cc2ccc(O)cc2)cc(OC)c1C(C)c1ccc(O)cc1. The molecule has 0 aliphatic heterocycles. The first-order valence-electron chi connectivity index (χ1n) is 9.03. The Morgan fingerprint density at radius 3 is 1.68 bits per heavy atom. The van der Waals surface area contributed by atoms with E-state index in [4.69, 9.17) is 9.47 Å². The lowest BCUT2D eigenvalue weighted by molar-refractivity contribution is 0.383. The Morgan fingerprint density at radius 1 is 0.714 bits per heavy atom. The van der Waals surface area contributed by atoms with Crippen LogP contribution in [0.1, 0.15) is 35.1 Å². The van der Waals surface area contributed by atoms with Crippen LogP contribution in [-0.2, 0) is 0 Å². The van der Waals surface area contributed by atoms with Crippen LogP contribution in [0, 0.1) is 0 Å². The maximum absolute atomic E-state index is 9.54. The molecule has 1 unspecified atom stereocenters. The minimum atomic E-state index is 0.0284. The van der Waals surface area contributed by atoms with E-state index in [1.54, 1.807) is 38.5 Å². The second kappa shape index (κ2) is 8.53. The summed E-state index contributed by atoms with van der Waals surface area (Å²) >= 11 is 0. The van der Waals surface area contributed by atoms with E-state index in [9.17, 15) is 10.2 Å². The van der Waals surface area contributed by atoms with Crippen LogP contribution in [0.15, 0.2) is 60.7 Å². The standard InChI is InChI=1S/C24H24O4/c1-16(19-8-12-21(26)13-9-19)24-22(27-2)14-18(15-23(24)28-3)5-4-17-6-10-20(25)11-7-17/h4-16,25-26H,1-3H3. The average molecular weight is 376 g/mol. The van der Waals surface area contributed by atoms with E-state index in [0.717, 1.165) is 33.8 Å². The second-order valence-corrected chi connectivity index (χ2v) is 6.58. The Morgan fingerprint density at radius 2 is 1.18 bits per heavy atom. The van der Waals surface area contributed by atoms with Crippen LogP contribution in [0.4, 0.5) is 0 Å². The maximum Gasteiger partial charge on any atom is 0.126 e. The molecule has 3 aromatic rings. The summed E-state index contributed by atoms with van der Waals surface area (Å²) in [5, 5.41) is 18.9. The minimum absolute atomic E-state index is 0.0284. The molecule has 2 N–H and O–H groups in total. The van der Waals surface area contributed by atoms with Gasteiger partial charge >= 0.3 is 0 Å². The number of methoxy groups -OCH3 is 2. The van der Waals surface area contributed by atoms with Gasteiger partial charge in [-0.2, -0.15) is 0 Å². The van der Waals surface area contributed by atoms with Crippen molar-refractivity contribution in [3.8, 4) is 23.0 Å². The van der Waals surface area contributed by atoms with Crippen LogP contribution >= 0.6 is 0 Å². The molecule has 3 aromatic carbocycles. The summed E-state index contributed by atoms with van der Waals surface area (Å²) in [6, 6.07) is 18.1. The third kappa shape index (κ3) is 4.29. The van der Waals surface area contributed by atoms with Gasteiger partial charge in [0.1, 0.15) is 23.0 Å². The van der Waals surface area contributed by atoms with Gasteiger partial charge in [-0.15, -0.1) is 0 Å². The lowest BCUT2D eigenvalue weighted by Crippen LogP contribution is -2.03. The van der Waals surface area contributed by atoms with Crippen molar-refractivity contribution < 1.29 is 19.7 Å². The Kier molecular flexibility index (Phi) is 5.90. The molecule has 0 saturated carbocycles. The largest absolute Gasteiger partial charge is 0.508 e. The zero-order chi connectivity index (χ0) is 20.1. The predicted molar refractivity (Wildman–Crippen MR) is 112 cm³/mol. The third-order valence-electron chi connectivity index (χ3n) is 4.75. The van der Waals surface area contributed by atoms with Gasteiger partial charge in [-0.25, -0.2) is 0 Å². The van der Waals surface area contributed by atoms with Crippen molar-refractivity contribution in [3.63, 3.8) is 0 Å². The third-order valence-corrected chi connectivity index (χ3v) is 4.75. The van der Waals surface area contributed by atoms with Crippen molar-refractivity contribution in [1.29, 1.82) is 0 Å². The number of ether oxygens (including phenoxy) is 2. The molecule has 0 amide bonds. The van der Waals surface area contributed by atoms with Crippen molar-refractivity contribution in [2.45, 2.75) is 12.8 Å². The highest BCUT2D eigenvalue weighted by molar-refractivity contribution is 5.72. The fourth-order valence-electron chi connectivity index (χ4n) is 3.19. The van der Waals surface area contributed by atoms with Gasteiger partial charge in [-0.1, -0.05) is 43.3 Å². The number of phenolic OH excluding ortho intramolecular Hbond substituents is 2. The Balaban J connectivity index is 1.97. The van der Waals surface area contributed by atoms with E-state index in [1.807, 2.05) is 48.6 Å². The van der Waals surface area contributed by atoms with E-state index in [0.29, 0.717) is 0 Å². The summed E-state index contributed by atoms with van der Waals surface area (Å²) in [4.78, 5) is 0. The number of rotatable bonds is 6. The molecule has 3 rings (SSSR count). The normalized spacial score (nSPS) is 12.1.